The monoisotopic (exact) mass is 244 g/mol. The molecule has 0 N–H and O–H groups in total. The van der Waals surface area contributed by atoms with Crippen LogP contribution in [0.4, 0.5) is 0 Å². The van der Waals surface area contributed by atoms with Gasteiger partial charge in [0.1, 0.15) is 0 Å². The Kier molecular flexibility index (Phi) is 25.0. The van der Waals surface area contributed by atoms with Gasteiger partial charge in [-0.3, -0.25) is 0 Å². The largest absolute Gasteiger partial charge is 3.00 e. The van der Waals surface area contributed by atoms with Gasteiger partial charge >= 0.3 is 63.0 Å². The van der Waals surface area contributed by atoms with E-state index in [1.807, 2.05) is 0 Å². The van der Waals surface area contributed by atoms with E-state index in [2.05, 4.69) is 0 Å². The molecule has 0 rings (SSSR count). The van der Waals surface area contributed by atoms with Crippen molar-refractivity contribution < 1.29 is 45.0 Å². The third-order valence-electron chi connectivity index (χ3n) is 0. The van der Waals surface area contributed by atoms with Gasteiger partial charge in [0.05, 0.1) is 5.09 Å². The fourth-order valence-electron chi connectivity index (χ4n) is 0. The molecule has 0 spiro atoms. The summed E-state index contributed by atoms with van der Waals surface area (Å²) in [6, 6.07) is 0. The molecule has 29 valence electrons. The van der Waals surface area contributed by atoms with Gasteiger partial charge in [0.2, 0.25) is 0 Å². The van der Waals surface area contributed by atoms with Crippen LogP contribution in [0.25, 0.3) is 0 Å². The molecule has 0 aromatic rings. The zero-order chi connectivity index (χ0) is 3.58. The Labute approximate surface area is 82.2 Å². The zero-order valence-electron chi connectivity index (χ0n) is 2.73. The number of nitrogens with zero attached hydrogens (tertiary/aromatic N) is 1. The molecule has 1 radical (unpaired) electrons. The van der Waals surface area contributed by atoms with Gasteiger partial charge in [0, 0.05) is 0 Å². The van der Waals surface area contributed by atoms with Crippen LogP contribution in [0.2, 0.25) is 0 Å². The molecule has 0 fully saturated rings. The summed E-state index contributed by atoms with van der Waals surface area (Å²) in [5.74, 6) is 0. The van der Waals surface area contributed by atoms with Crippen molar-refractivity contribution in [3.8, 4) is 0 Å². The molecule has 6 heavy (non-hydrogen) atoms. The molecule has 6 heteroatoms. The summed E-state index contributed by atoms with van der Waals surface area (Å²) < 4.78 is 0. The maximum atomic E-state index is 8.25. The van der Waals surface area contributed by atoms with E-state index in [0.29, 0.717) is 0 Å². The molecule has 0 aliphatic rings. The molecule has 0 aromatic carbocycles. The second-order valence-corrected chi connectivity index (χ2v) is 0.224. The third kappa shape index (κ3) is 58.5. The van der Waals surface area contributed by atoms with Crippen molar-refractivity contribution in [2.45, 2.75) is 0 Å². The van der Waals surface area contributed by atoms with Crippen LogP contribution < -0.4 is 0 Å². The quantitative estimate of drug-likeness (QED) is 0.324. The summed E-state index contributed by atoms with van der Waals surface area (Å²) in [7, 11) is 0. The van der Waals surface area contributed by atoms with Crippen molar-refractivity contribution in [3.05, 3.63) is 15.3 Å². The van der Waals surface area contributed by atoms with Crippen LogP contribution >= 0.6 is 0 Å². The second-order valence-electron chi connectivity index (χ2n) is 0.224. The van der Waals surface area contributed by atoms with Gasteiger partial charge in [-0.15, -0.1) is 0 Å². The van der Waals surface area contributed by atoms with E-state index in [1.165, 1.54) is 0 Å². The van der Waals surface area contributed by atoms with Crippen LogP contribution in [0.3, 0.4) is 0 Å². The molecule has 0 bridgehead atoms. The Morgan fingerprint density at radius 2 is 1.33 bits per heavy atom. The van der Waals surface area contributed by atoms with Gasteiger partial charge in [-0.05, 0) is 0 Å². The first-order valence-corrected chi connectivity index (χ1v) is 0.548. The minimum absolute atomic E-state index is 0. The Hall–Kier alpha value is 1.29. The Bertz CT molecular complexity index is 33.8. The number of hydrogen-bond acceptors (Lipinski definition) is 3. The topological polar surface area (TPSA) is 66.2 Å². The summed E-state index contributed by atoms with van der Waals surface area (Å²) >= 11 is 0. The van der Waals surface area contributed by atoms with Crippen LogP contribution in [-0.4, -0.2) is 28.1 Å². The fourth-order valence-corrected chi connectivity index (χ4v) is 0. The van der Waals surface area contributed by atoms with Crippen molar-refractivity contribution in [1.29, 1.82) is 0 Å². The molecule has 0 saturated heterocycles. The minimum atomic E-state index is -1.75. The van der Waals surface area contributed by atoms with E-state index in [9.17, 15) is 0 Å². The molecule has 0 aliphatic carbocycles. The molecule has 4 nitrogen and oxygen atoms in total. The van der Waals surface area contributed by atoms with Gasteiger partial charge in [-0.2, -0.15) is 0 Å². The van der Waals surface area contributed by atoms with Crippen LogP contribution in [-0.2, 0) is 0 Å². The SMILES string of the molecule is O=[N+]([O-])[O-].[Gd+3].[Mg+2]. The van der Waals surface area contributed by atoms with Crippen LogP contribution in [0.15, 0.2) is 0 Å². The summed E-state index contributed by atoms with van der Waals surface area (Å²) in [5, 5.41) is 14.8. The number of rotatable bonds is 0. The van der Waals surface area contributed by atoms with E-state index in [0.717, 1.165) is 0 Å². The predicted molar refractivity (Wildman–Crippen MR) is 16.1 cm³/mol. The Morgan fingerprint density at radius 1 is 1.33 bits per heavy atom. The van der Waals surface area contributed by atoms with Crippen LogP contribution in [0.1, 0.15) is 0 Å². The molecule has 0 aliphatic heterocycles. The zero-order valence-corrected chi connectivity index (χ0v) is 6.42. The minimum Gasteiger partial charge on any atom is -0.356 e. The van der Waals surface area contributed by atoms with Crippen LogP contribution in [0, 0.1) is 55.3 Å². The molecule has 0 amide bonds. The average molecular weight is 244 g/mol. The molecule has 0 heterocycles. The first-order valence-electron chi connectivity index (χ1n) is 0.548. The van der Waals surface area contributed by atoms with Crippen LogP contribution in [0.5, 0.6) is 0 Å². The Balaban J connectivity index is -0.0000000450. The van der Waals surface area contributed by atoms with E-state index in [-0.39, 0.29) is 63.0 Å². The van der Waals surface area contributed by atoms with E-state index < -0.39 is 5.09 Å². The van der Waals surface area contributed by atoms with Gasteiger partial charge < -0.3 is 15.3 Å². The third-order valence-corrected chi connectivity index (χ3v) is 0. The van der Waals surface area contributed by atoms with Crippen molar-refractivity contribution in [2.75, 3.05) is 0 Å². The normalized spacial score (nSPS) is 4.00. The first kappa shape index (κ1) is 15.7. The van der Waals surface area contributed by atoms with E-state index >= 15 is 0 Å². The van der Waals surface area contributed by atoms with E-state index in [4.69, 9.17) is 15.3 Å². The maximum absolute atomic E-state index is 8.25. The second kappa shape index (κ2) is 9.56. The molecule has 0 saturated carbocycles. The molecular weight excluding hydrogens is 244 g/mol. The smallest absolute Gasteiger partial charge is 0.356 e. The predicted octanol–water partition coefficient (Wildman–Crippen LogP) is -0.620. The molecule has 0 aromatic heterocycles. The van der Waals surface area contributed by atoms with Gasteiger partial charge in [-0.25, -0.2) is 0 Å². The Morgan fingerprint density at radius 3 is 1.33 bits per heavy atom. The van der Waals surface area contributed by atoms with E-state index in [1.54, 1.807) is 0 Å². The summed E-state index contributed by atoms with van der Waals surface area (Å²) in [5.41, 5.74) is 0. The van der Waals surface area contributed by atoms with Crippen molar-refractivity contribution in [1.82, 2.24) is 0 Å². The van der Waals surface area contributed by atoms with Crippen molar-refractivity contribution >= 4 is 23.1 Å². The number of hydrogen-bond donors (Lipinski definition) is 0. The first-order chi connectivity index (χ1) is 1.73. The van der Waals surface area contributed by atoms with Crippen molar-refractivity contribution in [3.63, 3.8) is 0 Å². The molecular formula is GdMgNO3+4. The van der Waals surface area contributed by atoms with Gasteiger partial charge in [0.15, 0.2) is 0 Å². The maximum Gasteiger partial charge on any atom is 3.00 e. The summed E-state index contributed by atoms with van der Waals surface area (Å²) in [6.07, 6.45) is 0. The summed E-state index contributed by atoms with van der Waals surface area (Å²) in [4.78, 5) is 8.25. The fraction of sp³-hybridized carbons (Fsp3) is 0. The summed E-state index contributed by atoms with van der Waals surface area (Å²) in [6.45, 7) is 0. The van der Waals surface area contributed by atoms with Crippen molar-refractivity contribution in [2.24, 2.45) is 0 Å². The molecule has 0 atom stereocenters. The standard InChI is InChI=1S/Gd.Mg.NO3/c;;2-1(3)4/q+3;+2;-1. The average Bonchev–Trinajstić information content (AvgIpc) is 0.811. The van der Waals surface area contributed by atoms with Gasteiger partial charge in [0.25, 0.3) is 0 Å². The molecule has 0 unspecified atom stereocenters. The van der Waals surface area contributed by atoms with Gasteiger partial charge in [-0.1, -0.05) is 0 Å².